The van der Waals surface area contributed by atoms with Gasteiger partial charge in [0.15, 0.2) is 0 Å². The molecule has 33 heavy (non-hydrogen) atoms. The quantitative estimate of drug-likeness (QED) is 0.225. The minimum Gasteiger partial charge on any atom is -0.496 e. The molecular weight excluding hydrogens is 426 g/mol. The Morgan fingerprint density at radius 1 is 0.788 bits per heavy atom. The summed E-state index contributed by atoms with van der Waals surface area (Å²) in [4.78, 5) is 13.4. The maximum Gasteiger partial charge on any atom is 1.00 e. The van der Waals surface area contributed by atoms with E-state index >= 15 is 0 Å². The summed E-state index contributed by atoms with van der Waals surface area (Å²) in [5.74, 6) is 2.09. The molecule has 0 aliphatic carbocycles. The number of unbranched alkanes of at least 4 members (excludes halogenated alkanes) is 3. The van der Waals surface area contributed by atoms with Crippen LogP contribution in [0, 0.1) is 13.8 Å². The Morgan fingerprint density at radius 2 is 1.24 bits per heavy atom. The minimum atomic E-state index is 0. The van der Waals surface area contributed by atoms with E-state index in [0.717, 1.165) is 66.3 Å². The van der Waals surface area contributed by atoms with Crippen LogP contribution in [0.2, 0.25) is 0 Å². The van der Waals surface area contributed by atoms with Crippen molar-refractivity contribution in [3.63, 3.8) is 0 Å². The Balaban J connectivity index is 0.00000544. The molecule has 2 aromatic carbocycles. The summed E-state index contributed by atoms with van der Waals surface area (Å²) in [6.45, 7) is 12.2. The zero-order chi connectivity index (χ0) is 23.3. The zero-order valence-corrected chi connectivity index (χ0v) is 22.2. The molecule has 0 atom stereocenters. The van der Waals surface area contributed by atoms with Crippen molar-refractivity contribution >= 4 is 19.4 Å². The van der Waals surface area contributed by atoms with Gasteiger partial charge in [-0.15, -0.1) is 5.30 Å². The van der Waals surface area contributed by atoms with Gasteiger partial charge in [-0.3, -0.25) is 0 Å². The van der Waals surface area contributed by atoms with E-state index in [0.29, 0.717) is 39.9 Å². The third kappa shape index (κ3) is 9.36. The van der Waals surface area contributed by atoms with Crippen LogP contribution in [-0.4, -0.2) is 25.3 Å². The van der Waals surface area contributed by atoms with Gasteiger partial charge in [0.1, 0.15) is 5.75 Å². The number of carbonyl (C=O) groups is 1. The molecule has 0 bridgehead atoms. The van der Waals surface area contributed by atoms with Crippen LogP contribution in [-0.2, 0) is 0 Å². The first-order chi connectivity index (χ1) is 15.5. The molecule has 0 saturated heterocycles. The van der Waals surface area contributed by atoms with Crippen molar-refractivity contribution in [3.8, 4) is 17.2 Å². The van der Waals surface area contributed by atoms with Crippen LogP contribution >= 0.6 is 8.58 Å². The van der Waals surface area contributed by atoms with Gasteiger partial charge in [0.05, 0.1) is 31.3 Å². The molecule has 0 aliphatic heterocycles. The van der Waals surface area contributed by atoms with Crippen molar-refractivity contribution in [1.29, 1.82) is 0 Å². The monoisotopic (exact) mass is 464 g/mol. The molecule has 0 N–H and O–H groups in total. The predicted octanol–water partition coefficient (Wildman–Crippen LogP) is 4.26. The molecule has 0 radical (unpaired) electrons. The van der Waals surface area contributed by atoms with Crippen molar-refractivity contribution in [2.24, 2.45) is 0 Å². The molecule has 0 amide bonds. The first kappa shape index (κ1) is 29.6. The first-order valence-corrected chi connectivity index (χ1v) is 12.8. The van der Waals surface area contributed by atoms with E-state index in [4.69, 9.17) is 14.2 Å². The summed E-state index contributed by atoms with van der Waals surface area (Å²) < 4.78 is 18.3. The summed E-state index contributed by atoms with van der Waals surface area (Å²) in [5.41, 5.74) is 2.81. The zero-order valence-electron chi connectivity index (χ0n) is 21.3. The van der Waals surface area contributed by atoms with Crippen LogP contribution in [0.25, 0.3) is 0 Å². The minimum absolute atomic E-state index is 0. The van der Waals surface area contributed by atoms with Gasteiger partial charge in [-0.2, -0.15) is 0 Å². The van der Waals surface area contributed by atoms with Crippen molar-refractivity contribution in [2.75, 3.05) is 19.8 Å². The second-order valence-electron chi connectivity index (χ2n) is 8.06. The average Bonchev–Trinajstić information content (AvgIpc) is 2.76. The van der Waals surface area contributed by atoms with Crippen LogP contribution in [0.15, 0.2) is 30.3 Å². The van der Waals surface area contributed by atoms with Gasteiger partial charge in [-0.1, -0.05) is 58.2 Å². The topological polar surface area (TPSA) is 44.8 Å². The van der Waals surface area contributed by atoms with E-state index in [9.17, 15) is 4.79 Å². The molecule has 0 fully saturated rings. The molecule has 2 rings (SSSR count). The smallest absolute Gasteiger partial charge is 0.496 e. The number of hydrogen-bond acceptors (Lipinski definition) is 4. The third-order valence-corrected chi connectivity index (χ3v) is 6.29. The largest absolute Gasteiger partial charge is 1.00 e. The molecule has 4 nitrogen and oxygen atoms in total. The second-order valence-corrected chi connectivity index (χ2v) is 9.13. The van der Waals surface area contributed by atoms with E-state index < -0.39 is 0 Å². The SMILES string of the molecule is CCCCOc1cc(OCCCC)c([P-]C(=O)c2c(C)cccc2C)c(OCCCC)c1.[Li+]. The van der Waals surface area contributed by atoms with Gasteiger partial charge in [-0.05, 0) is 49.8 Å². The summed E-state index contributed by atoms with van der Waals surface area (Å²) in [6, 6.07) is 9.78. The molecule has 0 heterocycles. The van der Waals surface area contributed by atoms with Crippen molar-refractivity contribution < 1.29 is 37.9 Å². The van der Waals surface area contributed by atoms with Crippen LogP contribution in [0.4, 0.5) is 0 Å². The van der Waals surface area contributed by atoms with Crippen LogP contribution in [0.5, 0.6) is 17.2 Å². The fourth-order valence-electron chi connectivity index (χ4n) is 3.27. The molecular formula is C27H38LiO4P. The Labute approximate surface area is 214 Å². The van der Waals surface area contributed by atoms with E-state index in [2.05, 4.69) is 20.8 Å². The molecule has 0 unspecified atom stereocenters. The number of carbonyl (C=O) groups excluding carboxylic acids is 1. The van der Waals surface area contributed by atoms with Crippen LogP contribution in [0.1, 0.15) is 80.8 Å². The van der Waals surface area contributed by atoms with Crippen LogP contribution < -0.4 is 38.4 Å². The van der Waals surface area contributed by atoms with E-state index in [1.54, 1.807) is 0 Å². The van der Waals surface area contributed by atoms with Gasteiger partial charge in [0.25, 0.3) is 0 Å². The van der Waals surface area contributed by atoms with E-state index in [-0.39, 0.29) is 24.4 Å². The van der Waals surface area contributed by atoms with Crippen molar-refractivity contribution in [3.05, 3.63) is 47.0 Å². The molecule has 0 spiro atoms. The Morgan fingerprint density at radius 3 is 1.70 bits per heavy atom. The standard InChI is InChI=1S/C27H38O4P.Li/c1-6-9-15-29-22-18-23(30-16-10-7-2)26(24(19-22)31-17-11-8-3)32-27(28)25-20(4)13-12-14-21(25)5;/h12-14,18-19H,6-11,15-17H2,1-5H3;/q-1;+1. The Hall–Kier alpha value is -1.46. The van der Waals surface area contributed by atoms with Gasteiger partial charge in [0, 0.05) is 17.7 Å². The average molecular weight is 465 g/mol. The number of hydrogen-bond donors (Lipinski definition) is 0. The molecule has 6 heteroatoms. The van der Waals surface area contributed by atoms with Gasteiger partial charge >= 0.3 is 18.9 Å². The third-order valence-electron chi connectivity index (χ3n) is 5.20. The van der Waals surface area contributed by atoms with Gasteiger partial charge in [-0.25, -0.2) is 0 Å². The molecule has 2 aromatic rings. The normalized spacial score (nSPS) is 10.8. The maximum absolute atomic E-state index is 13.4. The van der Waals surface area contributed by atoms with Crippen molar-refractivity contribution in [2.45, 2.75) is 73.1 Å². The van der Waals surface area contributed by atoms with Crippen LogP contribution in [0.3, 0.4) is 0 Å². The van der Waals surface area contributed by atoms with Gasteiger partial charge in [0.2, 0.25) is 0 Å². The number of aryl methyl sites for hydroxylation is 2. The fourth-order valence-corrected chi connectivity index (χ4v) is 4.41. The van der Waals surface area contributed by atoms with E-state index in [1.165, 1.54) is 0 Å². The fraction of sp³-hybridized carbons (Fsp3) is 0.519. The summed E-state index contributed by atoms with van der Waals surface area (Å²) in [6.07, 6.45) is 6.05. The number of rotatable bonds is 15. The molecule has 0 saturated carbocycles. The first-order valence-electron chi connectivity index (χ1n) is 11.9. The molecule has 0 aliphatic rings. The maximum atomic E-state index is 13.4. The van der Waals surface area contributed by atoms with Crippen molar-refractivity contribution in [1.82, 2.24) is 0 Å². The summed E-state index contributed by atoms with van der Waals surface area (Å²) in [5, 5.41) is 0.785. The van der Waals surface area contributed by atoms with E-state index in [1.807, 2.05) is 44.2 Å². The second kappa shape index (κ2) is 16.2. The summed E-state index contributed by atoms with van der Waals surface area (Å²) in [7, 11) is 0.556. The molecule has 0 aromatic heterocycles. The predicted molar refractivity (Wildman–Crippen MR) is 134 cm³/mol. The Bertz CT molecular complexity index is 818. The van der Waals surface area contributed by atoms with Gasteiger partial charge < -0.3 is 27.6 Å². The Kier molecular flexibility index (Phi) is 14.5. The summed E-state index contributed by atoms with van der Waals surface area (Å²) >= 11 is 0. The number of benzene rings is 2. The number of ether oxygens (including phenoxy) is 3. The molecule has 176 valence electrons.